The maximum Gasteiger partial charge on any atom is 0.303 e. The van der Waals surface area contributed by atoms with Gasteiger partial charge in [-0.1, -0.05) is 13.0 Å². The monoisotopic (exact) mass is 471 g/mol. The first-order chi connectivity index (χ1) is 15.3. The first-order valence-electron chi connectivity index (χ1n) is 10.4. The highest BCUT2D eigenvalue weighted by Crippen LogP contribution is 2.39. The minimum atomic E-state index is -1.02. The number of hydrogen-bond donors (Lipinski definition) is 3. The van der Waals surface area contributed by atoms with Crippen LogP contribution in [0.1, 0.15) is 49.1 Å². The average Bonchev–Trinajstić information content (AvgIpc) is 3.08. The number of amides is 2. The number of thioether (sulfide) groups is 1. The van der Waals surface area contributed by atoms with Crippen LogP contribution in [0.15, 0.2) is 29.2 Å². The van der Waals surface area contributed by atoms with Crippen molar-refractivity contribution in [3.8, 4) is 6.07 Å². The third-order valence-corrected chi connectivity index (χ3v) is 7.49. The second-order valence-corrected chi connectivity index (χ2v) is 10.4. The van der Waals surface area contributed by atoms with Crippen molar-refractivity contribution in [2.45, 2.75) is 56.1 Å². The third kappa shape index (κ3) is 6.11. The summed E-state index contributed by atoms with van der Waals surface area (Å²) in [5.74, 6) is -0.998. The molecule has 1 aromatic heterocycles. The Kier molecular flexibility index (Phi) is 7.94. The molecule has 0 spiro atoms. The minimum Gasteiger partial charge on any atom is -0.481 e. The number of nitriles is 1. The van der Waals surface area contributed by atoms with E-state index in [0.717, 1.165) is 29.7 Å². The van der Waals surface area contributed by atoms with E-state index in [4.69, 9.17) is 5.11 Å². The van der Waals surface area contributed by atoms with Gasteiger partial charge in [0.15, 0.2) is 0 Å². The second kappa shape index (κ2) is 10.7. The van der Waals surface area contributed by atoms with Crippen molar-refractivity contribution < 1.29 is 19.5 Å². The second-order valence-electron chi connectivity index (χ2n) is 7.89. The van der Waals surface area contributed by atoms with Gasteiger partial charge in [-0.05, 0) is 55.9 Å². The molecule has 1 aliphatic rings. The number of anilines is 2. The van der Waals surface area contributed by atoms with Gasteiger partial charge in [-0.3, -0.25) is 14.4 Å². The Balaban J connectivity index is 1.62. The zero-order valence-electron chi connectivity index (χ0n) is 17.9. The van der Waals surface area contributed by atoms with Gasteiger partial charge in [-0.2, -0.15) is 5.26 Å². The predicted molar refractivity (Wildman–Crippen MR) is 126 cm³/mol. The molecule has 0 saturated heterocycles. The van der Waals surface area contributed by atoms with E-state index in [-0.39, 0.29) is 24.7 Å². The van der Waals surface area contributed by atoms with Crippen LogP contribution in [0, 0.1) is 17.2 Å². The van der Waals surface area contributed by atoms with Gasteiger partial charge in [0, 0.05) is 21.9 Å². The number of fused-ring (bicyclic) bond motifs is 1. The van der Waals surface area contributed by atoms with Crippen molar-refractivity contribution in [1.29, 1.82) is 5.26 Å². The van der Waals surface area contributed by atoms with E-state index in [0.29, 0.717) is 22.2 Å². The normalized spacial score (nSPS) is 15.8. The van der Waals surface area contributed by atoms with Crippen LogP contribution in [-0.4, -0.2) is 28.1 Å². The summed E-state index contributed by atoms with van der Waals surface area (Å²) >= 11 is 2.85. The van der Waals surface area contributed by atoms with Crippen LogP contribution >= 0.6 is 23.1 Å². The maximum absolute atomic E-state index is 12.8. The lowest BCUT2D eigenvalue weighted by Crippen LogP contribution is -2.22. The Bertz CT molecular complexity index is 1070. The molecule has 7 nitrogen and oxygen atoms in total. The lowest BCUT2D eigenvalue weighted by molar-refractivity contribution is -0.138. The average molecular weight is 472 g/mol. The van der Waals surface area contributed by atoms with Crippen LogP contribution in [0.25, 0.3) is 0 Å². The predicted octanol–water partition coefficient (Wildman–Crippen LogP) is 4.67. The van der Waals surface area contributed by atoms with Gasteiger partial charge >= 0.3 is 5.97 Å². The molecule has 32 heavy (non-hydrogen) atoms. The smallest absolute Gasteiger partial charge is 0.303 e. The lowest BCUT2D eigenvalue weighted by atomic mass is 9.89. The van der Waals surface area contributed by atoms with E-state index in [1.165, 1.54) is 28.0 Å². The van der Waals surface area contributed by atoms with Gasteiger partial charge < -0.3 is 15.7 Å². The van der Waals surface area contributed by atoms with E-state index in [1.54, 1.807) is 25.1 Å². The molecule has 0 fully saturated rings. The van der Waals surface area contributed by atoms with Gasteiger partial charge in [0.05, 0.1) is 17.2 Å². The highest BCUT2D eigenvalue weighted by molar-refractivity contribution is 8.00. The molecule has 9 heteroatoms. The summed E-state index contributed by atoms with van der Waals surface area (Å²) in [4.78, 5) is 37.3. The van der Waals surface area contributed by atoms with E-state index < -0.39 is 11.2 Å². The molecule has 1 heterocycles. The maximum atomic E-state index is 12.8. The van der Waals surface area contributed by atoms with Crippen LogP contribution < -0.4 is 10.6 Å². The van der Waals surface area contributed by atoms with Crippen LogP contribution in [0.5, 0.6) is 0 Å². The topological polar surface area (TPSA) is 119 Å². The first kappa shape index (κ1) is 23.8. The Labute approximate surface area is 195 Å². The number of carbonyl (C=O) groups is 3. The Morgan fingerprint density at radius 3 is 2.81 bits per heavy atom. The van der Waals surface area contributed by atoms with Crippen LogP contribution in [-0.2, 0) is 27.2 Å². The SMILES string of the molecule is CC1CCc2c(sc(NC(=O)C(C)Sc3cccc(NC(=O)CCC(=O)O)c3)c2C#N)C1. The van der Waals surface area contributed by atoms with Gasteiger partial charge in [0.25, 0.3) is 0 Å². The van der Waals surface area contributed by atoms with E-state index in [1.807, 2.05) is 6.07 Å². The molecule has 2 amide bonds. The van der Waals surface area contributed by atoms with E-state index in [2.05, 4.69) is 23.6 Å². The van der Waals surface area contributed by atoms with Gasteiger partial charge in [0.1, 0.15) is 11.1 Å². The Morgan fingerprint density at radius 2 is 2.09 bits per heavy atom. The summed E-state index contributed by atoms with van der Waals surface area (Å²) in [5, 5.41) is 24.1. The zero-order valence-corrected chi connectivity index (χ0v) is 19.6. The summed E-state index contributed by atoms with van der Waals surface area (Å²) in [6, 6.07) is 9.34. The molecular formula is C23H25N3O4S2. The van der Waals surface area contributed by atoms with Crippen LogP contribution in [0.3, 0.4) is 0 Å². The van der Waals surface area contributed by atoms with E-state index >= 15 is 0 Å². The molecule has 168 valence electrons. The summed E-state index contributed by atoms with van der Waals surface area (Å²) in [5.41, 5.74) is 2.22. The van der Waals surface area contributed by atoms with E-state index in [9.17, 15) is 19.6 Å². The number of thiophene rings is 1. The molecule has 2 atom stereocenters. The zero-order chi connectivity index (χ0) is 23.3. The van der Waals surface area contributed by atoms with Gasteiger partial charge in [-0.25, -0.2) is 0 Å². The molecule has 0 aliphatic heterocycles. The van der Waals surface area contributed by atoms with Crippen molar-refractivity contribution in [1.82, 2.24) is 0 Å². The van der Waals surface area contributed by atoms with Crippen LogP contribution in [0.4, 0.5) is 10.7 Å². The fraction of sp³-hybridized carbons (Fsp3) is 0.391. The molecule has 2 unspecified atom stereocenters. The number of carboxylic acid groups (broad SMARTS) is 1. The fourth-order valence-corrected chi connectivity index (χ4v) is 5.81. The third-order valence-electron chi connectivity index (χ3n) is 5.23. The van der Waals surface area contributed by atoms with Crippen molar-refractivity contribution in [3.05, 3.63) is 40.3 Å². The summed E-state index contributed by atoms with van der Waals surface area (Å²) < 4.78 is 0. The minimum absolute atomic E-state index is 0.101. The van der Waals surface area contributed by atoms with Crippen molar-refractivity contribution in [2.24, 2.45) is 5.92 Å². The number of carbonyl (C=O) groups excluding carboxylic acids is 2. The molecule has 3 rings (SSSR count). The number of hydrogen-bond acceptors (Lipinski definition) is 6. The number of rotatable bonds is 8. The summed E-state index contributed by atoms with van der Waals surface area (Å²) in [7, 11) is 0. The fourth-order valence-electron chi connectivity index (χ4n) is 3.52. The lowest BCUT2D eigenvalue weighted by Gasteiger charge is -2.17. The molecule has 0 radical (unpaired) electrons. The molecule has 1 aromatic carbocycles. The van der Waals surface area contributed by atoms with Crippen LogP contribution in [0.2, 0.25) is 0 Å². The van der Waals surface area contributed by atoms with Crippen molar-refractivity contribution in [3.63, 3.8) is 0 Å². The van der Waals surface area contributed by atoms with Crippen molar-refractivity contribution >= 4 is 51.6 Å². The highest BCUT2D eigenvalue weighted by atomic mass is 32.2. The summed E-state index contributed by atoms with van der Waals surface area (Å²) in [6.45, 7) is 3.99. The number of nitrogens with one attached hydrogen (secondary N) is 2. The number of benzene rings is 1. The molecular weight excluding hydrogens is 446 g/mol. The molecule has 0 bridgehead atoms. The first-order valence-corrected chi connectivity index (χ1v) is 12.1. The largest absolute Gasteiger partial charge is 0.481 e. The Hall–Kier alpha value is -2.83. The standard InChI is InChI=1S/C23H25N3O4S2/c1-13-6-7-17-18(12-24)23(32-19(17)10-13)26-22(30)14(2)31-16-5-3-4-15(11-16)25-20(27)8-9-21(28)29/h3-5,11,13-14H,6-10H2,1-2H3,(H,25,27)(H,26,30)(H,28,29). The Morgan fingerprint density at radius 1 is 1.31 bits per heavy atom. The quantitative estimate of drug-likeness (QED) is 0.482. The number of aliphatic carboxylic acids is 1. The molecule has 3 N–H and O–H groups in total. The number of nitrogens with zero attached hydrogens (tertiary/aromatic N) is 1. The number of carboxylic acids is 1. The molecule has 2 aromatic rings. The molecule has 0 saturated carbocycles. The molecule has 1 aliphatic carbocycles. The highest BCUT2D eigenvalue weighted by Gasteiger charge is 2.26. The van der Waals surface area contributed by atoms with Gasteiger partial charge in [-0.15, -0.1) is 23.1 Å². The van der Waals surface area contributed by atoms with Crippen molar-refractivity contribution in [2.75, 3.05) is 10.6 Å². The van der Waals surface area contributed by atoms with Gasteiger partial charge in [0.2, 0.25) is 11.8 Å². The summed E-state index contributed by atoms with van der Waals surface area (Å²) in [6.07, 6.45) is 2.55.